The molecule has 0 saturated carbocycles. The molecular formula is C16H16BrClFNO2. The zero-order valence-electron chi connectivity index (χ0n) is 12.3. The molecule has 0 saturated heterocycles. The van der Waals surface area contributed by atoms with E-state index in [0.29, 0.717) is 24.6 Å². The zero-order valence-corrected chi connectivity index (χ0v) is 14.6. The van der Waals surface area contributed by atoms with Crippen LogP contribution in [0.2, 0.25) is 5.02 Å². The van der Waals surface area contributed by atoms with Crippen LogP contribution in [0.3, 0.4) is 0 Å². The molecule has 0 heterocycles. The van der Waals surface area contributed by atoms with Gasteiger partial charge in [0.1, 0.15) is 5.82 Å². The van der Waals surface area contributed by atoms with Crippen molar-refractivity contribution in [3.63, 3.8) is 0 Å². The van der Waals surface area contributed by atoms with Crippen LogP contribution in [0.4, 0.5) is 4.39 Å². The molecule has 6 heteroatoms. The fourth-order valence-electron chi connectivity index (χ4n) is 2.07. The van der Waals surface area contributed by atoms with Crippen molar-refractivity contribution in [2.45, 2.75) is 13.1 Å². The molecule has 0 atom stereocenters. The Kier molecular flexibility index (Phi) is 6.06. The summed E-state index contributed by atoms with van der Waals surface area (Å²) >= 11 is 9.12. The first-order valence-corrected chi connectivity index (χ1v) is 7.77. The molecule has 2 rings (SSSR count). The highest BCUT2D eigenvalue weighted by Gasteiger charge is 2.10. The van der Waals surface area contributed by atoms with Crippen molar-refractivity contribution in [1.82, 2.24) is 5.32 Å². The second kappa shape index (κ2) is 7.81. The topological polar surface area (TPSA) is 30.5 Å². The van der Waals surface area contributed by atoms with E-state index in [4.69, 9.17) is 21.1 Å². The van der Waals surface area contributed by atoms with Crippen LogP contribution in [0, 0.1) is 5.82 Å². The first kappa shape index (κ1) is 17.1. The molecule has 0 spiro atoms. The lowest BCUT2D eigenvalue weighted by Crippen LogP contribution is -2.13. The van der Waals surface area contributed by atoms with Crippen LogP contribution in [0.25, 0.3) is 0 Å². The van der Waals surface area contributed by atoms with E-state index < -0.39 is 5.82 Å². The summed E-state index contributed by atoms with van der Waals surface area (Å²) in [7, 11) is 3.19. The van der Waals surface area contributed by atoms with Gasteiger partial charge in [-0.15, -0.1) is 0 Å². The van der Waals surface area contributed by atoms with Gasteiger partial charge in [0.05, 0.1) is 23.7 Å². The van der Waals surface area contributed by atoms with Crippen LogP contribution >= 0.6 is 27.5 Å². The van der Waals surface area contributed by atoms with Crippen LogP contribution in [0.15, 0.2) is 34.8 Å². The average molecular weight is 389 g/mol. The van der Waals surface area contributed by atoms with Gasteiger partial charge in [-0.25, -0.2) is 4.39 Å². The fraction of sp³-hybridized carbons (Fsp3) is 0.250. The molecule has 0 aromatic heterocycles. The summed E-state index contributed by atoms with van der Waals surface area (Å²) in [6, 6.07) is 8.64. The number of hydrogen-bond donors (Lipinski definition) is 1. The lowest BCUT2D eigenvalue weighted by molar-refractivity contribution is 0.352. The highest BCUT2D eigenvalue weighted by Crippen LogP contribution is 2.36. The van der Waals surface area contributed by atoms with Gasteiger partial charge in [0.2, 0.25) is 0 Å². The Morgan fingerprint density at radius 3 is 2.45 bits per heavy atom. The first-order chi connectivity index (χ1) is 10.5. The van der Waals surface area contributed by atoms with Gasteiger partial charge in [0, 0.05) is 13.1 Å². The largest absolute Gasteiger partial charge is 0.493 e. The second-order valence-corrected chi connectivity index (χ2v) is 5.93. The number of halogens is 3. The predicted octanol–water partition coefficient (Wildman–Crippen LogP) is 4.55. The van der Waals surface area contributed by atoms with Crippen LogP contribution in [0.1, 0.15) is 11.1 Å². The summed E-state index contributed by atoms with van der Waals surface area (Å²) in [5.74, 6) is 0.909. The summed E-state index contributed by atoms with van der Waals surface area (Å²) in [6.07, 6.45) is 0. The number of hydrogen-bond acceptors (Lipinski definition) is 3. The van der Waals surface area contributed by atoms with Gasteiger partial charge in [-0.3, -0.25) is 0 Å². The first-order valence-electron chi connectivity index (χ1n) is 6.60. The number of methoxy groups -OCH3 is 2. The number of rotatable bonds is 6. The maximum absolute atomic E-state index is 13.4. The van der Waals surface area contributed by atoms with E-state index in [1.807, 2.05) is 12.1 Å². The lowest BCUT2D eigenvalue weighted by atomic mass is 10.2. The highest BCUT2D eigenvalue weighted by molar-refractivity contribution is 9.10. The maximum Gasteiger partial charge on any atom is 0.174 e. The molecule has 0 aliphatic heterocycles. The van der Waals surface area contributed by atoms with Crippen LogP contribution in [-0.4, -0.2) is 14.2 Å². The van der Waals surface area contributed by atoms with E-state index >= 15 is 0 Å². The smallest absolute Gasteiger partial charge is 0.174 e. The van der Waals surface area contributed by atoms with Crippen molar-refractivity contribution >= 4 is 27.5 Å². The second-order valence-electron chi connectivity index (χ2n) is 4.67. The Bertz CT molecular complexity index is 667. The van der Waals surface area contributed by atoms with Gasteiger partial charge in [0.25, 0.3) is 0 Å². The van der Waals surface area contributed by atoms with E-state index in [1.165, 1.54) is 6.07 Å². The molecule has 0 fully saturated rings. The van der Waals surface area contributed by atoms with Gasteiger partial charge >= 0.3 is 0 Å². The van der Waals surface area contributed by atoms with Crippen LogP contribution in [-0.2, 0) is 13.1 Å². The molecule has 0 bridgehead atoms. The number of benzene rings is 2. The Morgan fingerprint density at radius 1 is 1.09 bits per heavy atom. The quantitative estimate of drug-likeness (QED) is 0.787. The van der Waals surface area contributed by atoms with Crippen molar-refractivity contribution in [2.75, 3.05) is 14.2 Å². The summed E-state index contributed by atoms with van der Waals surface area (Å²) < 4.78 is 24.8. The molecule has 1 N–H and O–H groups in total. The summed E-state index contributed by atoms with van der Waals surface area (Å²) in [5, 5.41) is 3.39. The van der Waals surface area contributed by atoms with Crippen LogP contribution in [0.5, 0.6) is 11.5 Å². The summed E-state index contributed by atoms with van der Waals surface area (Å²) in [6.45, 7) is 1.16. The monoisotopic (exact) mass is 387 g/mol. The van der Waals surface area contributed by atoms with Crippen molar-refractivity contribution < 1.29 is 13.9 Å². The number of nitrogens with one attached hydrogen (secondary N) is 1. The average Bonchev–Trinajstić information content (AvgIpc) is 2.50. The van der Waals surface area contributed by atoms with Crippen molar-refractivity contribution in [2.24, 2.45) is 0 Å². The molecule has 3 nitrogen and oxygen atoms in total. The highest BCUT2D eigenvalue weighted by atomic mass is 79.9. The minimum absolute atomic E-state index is 0.132. The van der Waals surface area contributed by atoms with Crippen LogP contribution < -0.4 is 14.8 Å². The molecule has 0 amide bonds. The van der Waals surface area contributed by atoms with E-state index in [0.717, 1.165) is 15.6 Å². The van der Waals surface area contributed by atoms with Gasteiger partial charge in [0.15, 0.2) is 11.5 Å². The third kappa shape index (κ3) is 4.12. The summed E-state index contributed by atoms with van der Waals surface area (Å²) in [5.41, 5.74) is 1.86. The molecule has 2 aromatic rings. The minimum Gasteiger partial charge on any atom is -0.493 e. The summed E-state index contributed by atoms with van der Waals surface area (Å²) in [4.78, 5) is 0. The fourth-order valence-corrected chi connectivity index (χ4v) is 2.84. The van der Waals surface area contributed by atoms with Gasteiger partial charge in [-0.05, 0) is 51.3 Å². The van der Waals surface area contributed by atoms with Gasteiger partial charge < -0.3 is 14.8 Å². The zero-order chi connectivity index (χ0) is 16.1. The lowest BCUT2D eigenvalue weighted by Gasteiger charge is -2.12. The minimum atomic E-state index is -0.408. The van der Waals surface area contributed by atoms with E-state index in [2.05, 4.69) is 21.2 Å². The van der Waals surface area contributed by atoms with E-state index in [1.54, 1.807) is 26.4 Å². The van der Waals surface area contributed by atoms with E-state index in [-0.39, 0.29) is 5.02 Å². The molecule has 0 unspecified atom stereocenters. The Balaban J connectivity index is 2.02. The Labute approximate surface area is 142 Å². The van der Waals surface area contributed by atoms with E-state index in [9.17, 15) is 4.39 Å². The molecule has 118 valence electrons. The van der Waals surface area contributed by atoms with Gasteiger partial charge in [-0.2, -0.15) is 0 Å². The third-order valence-electron chi connectivity index (χ3n) is 3.14. The maximum atomic E-state index is 13.4. The Morgan fingerprint density at radius 2 is 1.82 bits per heavy atom. The number of ether oxygens (including phenoxy) is 2. The van der Waals surface area contributed by atoms with Gasteiger partial charge in [-0.1, -0.05) is 17.7 Å². The Hall–Kier alpha value is -1.30. The third-order valence-corrected chi connectivity index (χ3v) is 4.03. The SMILES string of the molecule is COc1cc(CNCc2ccc(Cl)c(F)c2)cc(Br)c1OC. The normalized spacial score (nSPS) is 10.6. The predicted molar refractivity (Wildman–Crippen MR) is 89.2 cm³/mol. The van der Waals surface area contributed by atoms with Crippen molar-refractivity contribution in [1.29, 1.82) is 0 Å². The molecule has 0 radical (unpaired) electrons. The standard InChI is InChI=1S/C16H16BrClFNO2/c1-21-15-7-11(5-12(17)16(15)22-2)9-20-8-10-3-4-13(18)14(19)6-10/h3-7,20H,8-9H2,1-2H3. The van der Waals surface area contributed by atoms with Crippen molar-refractivity contribution in [3.05, 3.63) is 56.8 Å². The van der Waals surface area contributed by atoms with Crippen molar-refractivity contribution in [3.8, 4) is 11.5 Å². The molecular weight excluding hydrogens is 373 g/mol. The molecule has 0 aliphatic carbocycles. The molecule has 0 aliphatic rings. The molecule has 2 aromatic carbocycles. The molecule has 22 heavy (non-hydrogen) atoms.